The molecule has 0 aliphatic carbocycles. The summed E-state index contributed by atoms with van der Waals surface area (Å²) < 4.78 is 13.6. The quantitative estimate of drug-likeness (QED) is 0.719. The highest BCUT2D eigenvalue weighted by Crippen LogP contribution is 2.33. The van der Waals surface area contributed by atoms with Crippen molar-refractivity contribution in [1.82, 2.24) is 4.90 Å². The number of rotatable bonds is 1. The Balaban J connectivity index is 2.32. The topological polar surface area (TPSA) is 66.6 Å². The number of amides is 1. The molecule has 1 aromatic carbocycles. The molecular weight excluding hydrogens is 211 g/mol. The Hall–Kier alpha value is -1.78. The molecule has 0 bridgehead atoms. The smallest absolute Gasteiger partial charge is 0.407 e. The molecule has 1 fully saturated rings. The molecule has 0 aromatic heterocycles. The molecule has 0 saturated carbocycles. The van der Waals surface area contributed by atoms with E-state index < -0.39 is 11.9 Å². The van der Waals surface area contributed by atoms with Crippen LogP contribution in [0.4, 0.5) is 14.9 Å². The number of nitrogen functional groups attached to an aromatic ring is 1. The number of nitrogens with two attached hydrogens (primary N) is 1. The van der Waals surface area contributed by atoms with Gasteiger partial charge in [-0.2, -0.15) is 0 Å². The van der Waals surface area contributed by atoms with Gasteiger partial charge in [0, 0.05) is 17.8 Å². The average molecular weight is 224 g/mol. The highest BCUT2D eigenvalue weighted by molar-refractivity contribution is 5.66. The molecule has 1 heterocycles. The first-order valence-corrected chi connectivity index (χ1v) is 5.14. The van der Waals surface area contributed by atoms with Crippen LogP contribution in [0.3, 0.4) is 0 Å². The summed E-state index contributed by atoms with van der Waals surface area (Å²) in [4.78, 5) is 12.2. The predicted molar refractivity (Wildman–Crippen MR) is 57.5 cm³/mol. The van der Waals surface area contributed by atoms with Crippen LogP contribution in [0.1, 0.15) is 24.4 Å². The number of nitrogens with zero attached hydrogens (tertiary/aromatic N) is 1. The summed E-state index contributed by atoms with van der Waals surface area (Å²) in [5, 5.41) is 8.97. The number of halogens is 1. The number of carbonyl (C=O) groups is 1. The number of anilines is 1. The van der Waals surface area contributed by atoms with Crippen molar-refractivity contribution in [2.24, 2.45) is 0 Å². The molecule has 5 heteroatoms. The number of hydrogen-bond acceptors (Lipinski definition) is 2. The molecule has 1 atom stereocenters. The minimum Gasteiger partial charge on any atom is -0.465 e. The fourth-order valence-corrected chi connectivity index (χ4v) is 2.13. The summed E-state index contributed by atoms with van der Waals surface area (Å²) in [6.45, 7) is 0.462. The summed E-state index contributed by atoms with van der Waals surface area (Å²) >= 11 is 0. The molecule has 1 aliphatic rings. The van der Waals surface area contributed by atoms with Gasteiger partial charge in [0.25, 0.3) is 0 Å². The number of likely N-dealkylation sites (tertiary alicyclic amines) is 1. The van der Waals surface area contributed by atoms with Crippen LogP contribution in [0.5, 0.6) is 0 Å². The summed E-state index contributed by atoms with van der Waals surface area (Å²) in [7, 11) is 0. The van der Waals surface area contributed by atoms with Gasteiger partial charge in [0.15, 0.2) is 0 Å². The van der Waals surface area contributed by atoms with Gasteiger partial charge in [-0.1, -0.05) is 6.07 Å². The van der Waals surface area contributed by atoms with Crippen LogP contribution in [-0.4, -0.2) is 22.6 Å². The molecule has 16 heavy (non-hydrogen) atoms. The van der Waals surface area contributed by atoms with Gasteiger partial charge in [-0.05, 0) is 25.0 Å². The minimum atomic E-state index is -1.00. The first kappa shape index (κ1) is 10.7. The van der Waals surface area contributed by atoms with E-state index in [4.69, 9.17) is 10.8 Å². The van der Waals surface area contributed by atoms with Crippen molar-refractivity contribution in [1.29, 1.82) is 0 Å². The molecule has 2 rings (SSSR count). The predicted octanol–water partition coefficient (Wildman–Crippen LogP) is 2.22. The highest BCUT2D eigenvalue weighted by Gasteiger charge is 2.31. The van der Waals surface area contributed by atoms with E-state index in [1.807, 2.05) is 0 Å². The Morgan fingerprint density at radius 1 is 1.56 bits per heavy atom. The van der Waals surface area contributed by atoms with Gasteiger partial charge in [0.1, 0.15) is 5.82 Å². The Labute approximate surface area is 92.5 Å². The van der Waals surface area contributed by atoms with E-state index in [9.17, 15) is 9.18 Å². The zero-order valence-corrected chi connectivity index (χ0v) is 8.69. The molecule has 86 valence electrons. The lowest BCUT2D eigenvalue weighted by Gasteiger charge is -2.22. The monoisotopic (exact) mass is 224 g/mol. The fraction of sp³-hybridized carbons (Fsp3) is 0.364. The fourth-order valence-electron chi connectivity index (χ4n) is 2.13. The molecule has 3 N–H and O–H groups in total. The molecule has 1 amide bonds. The van der Waals surface area contributed by atoms with Gasteiger partial charge in [-0.25, -0.2) is 9.18 Å². The van der Waals surface area contributed by atoms with Crippen molar-refractivity contribution in [2.45, 2.75) is 18.9 Å². The van der Waals surface area contributed by atoms with Crippen LogP contribution in [-0.2, 0) is 0 Å². The number of benzene rings is 1. The van der Waals surface area contributed by atoms with Gasteiger partial charge in [0.2, 0.25) is 0 Å². The first-order valence-electron chi connectivity index (χ1n) is 5.14. The van der Waals surface area contributed by atoms with E-state index in [2.05, 4.69) is 0 Å². The Morgan fingerprint density at radius 3 is 2.94 bits per heavy atom. The molecule has 1 aliphatic heterocycles. The summed E-state index contributed by atoms with van der Waals surface area (Å²) in [6.07, 6.45) is 0.423. The standard InChI is InChI=1S/C11H13FN2O2/c12-9-6-7(13)3-4-8(9)10-2-1-5-14(10)11(15)16/h3-4,6,10H,1-2,5,13H2,(H,15,16). The van der Waals surface area contributed by atoms with E-state index >= 15 is 0 Å². The average Bonchev–Trinajstić information content (AvgIpc) is 2.66. The Bertz CT molecular complexity index is 422. The number of carboxylic acid groups (broad SMARTS) is 1. The van der Waals surface area contributed by atoms with Crippen molar-refractivity contribution in [3.05, 3.63) is 29.6 Å². The van der Waals surface area contributed by atoms with Gasteiger partial charge in [-0.3, -0.25) is 0 Å². The lowest BCUT2D eigenvalue weighted by molar-refractivity contribution is 0.139. The Kier molecular flexibility index (Phi) is 2.68. The lowest BCUT2D eigenvalue weighted by Crippen LogP contribution is -2.29. The van der Waals surface area contributed by atoms with E-state index in [1.165, 1.54) is 11.0 Å². The summed E-state index contributed by atoms with van der Waals surface area (Å²) in [5.74, 6) is -0.432. The number of hydrogen-bond donors (Lipinski definition) is 2. The van der Waals surface area contributed by atoms with Crippen LogP contribution in [0.15, 0.2) is 18.2 Å². The van der Waals surface area contributed by atoms with Crippen molar-refractivity contribution >= 4 is 11.8 Å². The molecular formula is C11H13FN2O2. The molecule has 0 spiro atoms. The zero-order valence-electron chi connectivity index (χ0n) is 8.69. The molecule has 1 unspecified atom stereocenters. The van der Waals surface area contributed by atoms with E-state index in [-0.39, 0.29) is 6.04 Å². The van der Waals surface area contributed by atoms with Crippen molar-refractivity contribution in [2.75, 3.05) is 12.3 Å². The van der Waals surface area contributed by atoms with Crippen molar-refractivity contribution in [3.8, 4) is 0 Å². The summed E-state index contributed by atoms with van der Waals surface area (Å²) in [6, 6.07) is 4.01. The van der Waals surface area contributed by atoms with Gasteiger partial charge >= 0.3 is 6.09 Å². The summed E-state index contributed by atoms with van der Waals surface area (Å²) in [5.41, 5.74) is 6.21. The SMILES string of the molecule is Nc1ccc(C2CCCN2C(=O)O)c(F)c1. The molecule has 1 aromatic rings. The lowest BCUT2D eigenvalue weighted by atomic mass is 10.0. The van der Waals surface area contributed by atoms with E-state index in [0.29, 0.717) is 24.2 Å². The zero-order chi connectivity index (χ0) is 11.7. The second-order valence-electron chi connectivity index (χ2n) is 3.91. The minimum absolute atomic E-state index is 0.348. The second-order valence-corrected chi connectivity index (χ2v) is 3.91. The molecule has 1 saturated heterocycles. The normalized spacial score (nSPS) is 20.1. The largest absolute Gasteiger partial charge is 0.465 e. The third-order valence-electron chi connectivity index (χ3n) is 2.88. The Morgan fingerprint density at radius 2 is 2.31 bits per heavy atom. The van der Waals surface area contributed by atoms with Crippen molar-refractivity contribution < 1.29 is 14.3 Å². The van der Waals surface area contributed by atoms with Gasteiger partial charge in [-0.15, -0.1) is 0 Å². The van der Waals surface area contributed by atoms with E-state index in [0.717, 1.165) is 6.42 Å². The van der Waals surface area contributed by atoms with E-state index in [1.54, 1.807) is 12.1 Å². The maximum Gasteiger partial charge on any atom is 0.407 e. The van der Waals surface area contributed by atoms with Gasteiger partial charge < -0.3 is 15.7 Å². The highest BCUT2D eigenvalue weighted by atomic mass is 19.1. The third kappa shape index (κ3) is 1.80. The van der Waals surface area contributed by atoms with Crippen molar-refractivity contribution in [3.63, 3.8) is 0 Å². The van der Waals surface area contributed by atoms with Crippen LogP contribution < -0.4 is 5.73 Å². The maximum atomic E-state index is 13.6. The maximum absolute atomic E-state index is 13.6. The first-order chi connectivity index (χ1) is 7.59. The van der Waals surface area contributed by atoms with Crippen LogP contribution in [0.25, 0.3) is 0 Å². The molecule has 4 nitrogen and oxygen atoms in total. The van der Waals surface area contributed by atoms with Crippen LogP contribution in [0, 0.1) is 5.82 Å². The molecule has 0 radical (unpaired) electrons. The third-order valence-corrected chi connectivity index (χ3v) is 2.88. The van der Waals surface area contributed by atoms with Gasteiger partial charge in [0.05, 0.1) is 6.04 Å². The van der Waals surface area contributed by atoms with Crippen LogP contribution in [0.2, 0.25) is 0 Å². The van der Waals surface area contributed by atoms with Crippen LogP contribution >= 0.6 is 0 Å². The second kappa shape index (κ2) is 4.00.